The quantitative estimate of drug-likeness (QED) is 0.586. The van der Waals surface area contributed by atoms with Crippen LogP contribution in [0.4, 0.5) is 4.39 Å². The van der Waals surface area contributed by atoms with Gasteiger partial charge in [-0.15, -0.1) is 17.5 Å². The topological polar surface area (TPSA) is 77.0 Å². The van der Waals surface area contributed by atoms with E-state index in [1.807, 2.05) is 44.2 Å². The average molecular weight is 432 g/mol. The molecule has 8 heteroatoms. The lowest BCUT2D eigenvalue weighted by atomic mass is 10.2. The monoisotopic (exact) mass is 431 g/mol. The summed E-state index contributed by atoms with van der Waals surface area (Å²) in [6.45, 7) is 5.28. The molecule has 0 aliphatic heterocycles. The van der Waals surface area contributed by atoms with Gasteiger partial charge in [0.2, 0.25) is 5.82 Å². The van der Waals surface area contributed by atoms with Crippen molar-refractivity contribution in [2.45, 2.75) is 32.7 Å². The Morgan fingerprint density at radius 2 is 1.80 bits per heavy atom. The highest BCUT2D eigenvalue weighted by molar-refractivity contribution is 5.90. The molecule has 30 heavy (non-hydrogen) atoms. The predicted octanol–water partition coefficient (Wildman–Crippen LogP) is 3.94. The van der Waals surface area contributed by atoms with Crippen molar-refractivity contribution in [3.05, 3.63) is 77.6 Å². The number of hydrogen-bond donors (Lipinski definition) is 1. The number of amides is 1. The number of aromatic nitrogens is 3. The molecule has 160 valence electrons. The van der Waals surface area contributed by atoms with Gasteiger partial charge in [-0.25, -0.2) is 14.1 Å². The van der Waals surface area contributed by atoms with Crippen LogP contribution in [0.1, 0.15) is 48.2 Å². The maximum absolute atomic E-state index is 14.3. The number of carbonyl (C=O) groups is 1. The molecule has 6 nitrogen and oxygen atoms in total. The number of benzene rings is 2. The van der Waals surface area contributed by atoms with Gasteiger partial charge < -0.3 is 10.6 Å². The molecule has 0 saturated carbocycles. The predicted molar refractivity (Wildman–Crippen MR) is 118 cm³/mol. The first-order valence-electron chi connectivity index (χ1n) is 9.76. The number of carbonyl (C=O) groups excluding carboxylic acids is 1. The lowest BCUT2D eigenvalue weighted by molar-refractivity contribution is 0.0730. The van der Waals surface area contributed by atoms with E-state index in [1.54, 1.807) is 23.1 Å². The molecule has 0 radical (unpaired) electrons. The Bertz CT molecular complexity index is 961. The second-order valence-electron chi connectivity index (χ2n) is 7.17. The zero-order valence-corrected chi connectivity index (χ0v) is 18.0. The summed E-state index contributed by atoms with van der Waals surface area (Å²) in [5.74, 6) is -0.140. The average Bonchev–Trinajstić information content (AvgIpc) is 3.17. The van der Waals surface area contributed by atoms with E-state index in [4.69, 9.17) is 5.73 Å². The SMILES string of the molecule is CC(C)c1nc(C(=O)N(CCCN)Cc2ccccc2)nn1-c1ccccc1F.Cl. The van der Waals surface area contributed by atoms with Crippen molar-refractivity contribution >= 4 is 18.3 Å². The largest absolute Gasteiger partial charge is 0.331 e. The zero-order valence-electron chi connectivity index (χ0n) is 17.2. The number of halogens is 2. The summed E-state index contributed by atoms with van der Waals surface area (Å²) in [6, 6.07) is 16.1. The summed E-state index contributed by atoms with van der Waals surface area (Å²) < 4.78 is 15.8. The third-order valence-corrected chi connectivity index (χ3v) is 4.56. The molecular weight excluding hydrogens is 405 g/mol. The van der Waals surface area contributed by atoms with E-state index in [2.05, 4.69) is 10.1 Å². The molecule has 0 fully saturated rings. The number of nitrogens with two attached hydrogens (primary N) is 1. The first kappa shape index (κ1) is 23.5. The lowest BCUT2D eigenvalue weighted by Crippen LogP contribution is -2.33. The highest BCUT2D eigenvalue weighted by Gasteiger charge is 2.24. The van der Waals surface area contributed by atoms with Crippen molar-refractivity contribution in [3.8, 4) is 5.69 Å². The number of nitrogens with zero attached hydrogens (tertiary/aromatic N) is 4. The first-order chi connectivity index (χ1) is 14.0. The Balaban J connectivity index is 0.00000320. The number of para-hydroxylation sites is 1. The van der Waals surface area contributed by atoms with Gasteiger partial charge in [-0.2, -0.15) is 0 Å². The molecule has 3 rings (SSSR count). The zero-order chi connectivity index (χ0) is 20.8. The van der Waals surface area contributed by atoms with Crippen molar-refractivity contribution in [1.82, 2.24) is 19.7 Å². The van der Waals surface area contributed by atoms with Gasteiger partial charge in [0, 0.05) is 19.0 Å². The molecule has 1 heterocycles. The molecule has 0 bridgehead atoms. The van der Waals surface area contributed by atoms with Gasteiger partial charge in [-0.3, -0.25) is 4.79 Å². The van der Waals surface area contributed by atoms with Crippen LogP contribution in [-0.2, 0) is 6.54 Å². The van der Waals surface area contributed by atoms with Crippen molar-refractivity contribution in [2.75, 3.05) is 13.1 Å². The normalized spacial score (nSPS) is 10.7. The maximum Gasteiger partial charge on any atom is 0.293 e. The second-order valence-corrected chi connectivity index (χ2v) is 7.17. The summed E-state index contributed by atoms with van der Waals surface area (Å²) in [4.78, 5) is 19.4. The van der Waals surface area contributed by atoms with Crippen molar-refractivity contribution in [2.24, 2.45) is 5.73 Å². The summed E-state index contributed by atoms with van der Waals surface area (Å²) in [6.07, 6.45) is 0.670. The van der Waals surface area contributed by atoms with Gasteiger partial charge in [0.25, 0.3) is 5.91 Å². The Hall–Kier alpha value is -2.77. The van der Waals surface area contributed by atoms with E-state index >= 15 is 0 Å². The Labute approximate surface area is 182 Å². The smallest absolute Gasteiger partial charge is 0.293 e. The van der Waals surface area contributed by atoms with Crippen molar-refractivity contribution in [3.63, 3.8) is 0 Å². The fraction of sp³-hybridized carbons (Fsp3) is 0.318. The molecule has 0 aliphatic carbocycles. The fourth-order valence-electron chi connectivity index (χ4n) is 3.07. The Morgan fingerprint density at radius 1 is 1.13 bits per heavy atom. The van der Waals surface area contributed by atoms with Gasteiger partial charge in [-0.1, -0.05) is 56.3 Å². The van der Waals surface area contributed by atoms with E-state index in [0.717, 1.165) is 5.56 Å². The van der Waals surface area contributed by atoms with Crippen LogP contribution in [0, 0.1) is 5.82 Å². The minimum atomic E-state index is -0.414. The molecule has 2 N–H and O–H groups in total. The standard InChI is InChI=1S/C22H26FN5O.ClH/c1-16(2)21-25-20(26-28(21)19-12-7-6-11-18(19)23)22(29)27(14-8-13-24)15-17-9-4-3-5-10-17;/h3-7,9-12,16H,8,13-15,24H2,1-2H3;1H. The summed E-state index contributed by atoms with van der Waals surface area (Å²) in [5, 5.41) is 4.38. The molecule has 0 unspecified atom stereocenters. The van der Waals surface area contributed by atoms with E-state index in [9.17, 15) is 9.18 Å². The van der Waals surface area contributed by atoms with Crippen LogP contribution < -0.4 is 5.73 Å². The molecule has 0 spiro atoms. The maximum atomic E-state index is 14.3. The highest BCUT2D eigenvalue weighted by atomic mass is 35.5. The van der Waals surface area contributed by atoms with Crippen LogP contribution in [0.5, 0.6) is 0 Å². The van der Waals surface area contributed by atoms with Crippen LogP contribution in [0.15, 0.2) is 54.6 Å². The van der Waals surface area contributed by atoms with E-state index in [0.29, 0.717) is 31.9 Å². The summed E-state index contributed by atoms with van der Waals surface area (Å²) >= 11 is 0. The van der Waals surface area contributed by atoms with E-state index in [1.165, 1.54) is 10.7 Å². The Kier molecular flexibility index (Phi) is 8.50. The van der Waals surface area contributed by atoms with Gasteiger partial charge in [-0.05, 0) is 30.7 Å². The number of rotatable bonds is 8. The van der Waals surface area contributed by atoms with Gasteiger partial charge in [0.1, 0.15) is 17.3 Å². The molecule has 1 aromatic heterocycles. The molecule has 1 amide bonds. The third-order valence-electron chi connectivity index (χ3n) is 4.56. The van der Waals surface area contributed by atoms with Crippen LogP contribution in [0.2, 0.25) is 0 Å². The molecule has 2 aromatic carbocycles. The van der Waals surface area contributed by atoms with Crippen molar-refractivity contribution < 1.29 is 9.18 Å². The summed E-state index contributed by atoms with van der Waals surface area (Å²) in [5.41, 5.74) is 6.94. The van der Waals surface area contributed by atoms with Gasteiger partial charge in [0.15, 0.2) is 0 Å². The lowest BCUT2D eigenvalue weighted by Gasteiger charge is -2.21. The Morgan fingerprint density at radius 3 is 2.43 bits per heavy atom. The molecule has 3 aromatic rings. The van der Waals surface area contributed by atoms with Gasteiger partial charge >= 0.3 is 0 Å². The molecule has 0 atom stereocenters. The minimum Gasteiger partial charge on any atom is -0.331 e. The second kappa shape index (κ2) is 10.8. The van der Waals surface area contributed by atoms with Crippen LogP contribution in [0.3, 0.4) is 0 Å². The molecular formula is C22H27ClFN5O. The minimum absolute atomic E-state index is 0. The van der Waals surface area contributed by atoms with Crippen LogP contribution in [0.25, 0.3) is 5.69 Å². The van der Waals surface area contributed by atoms with Crippen molar-refractivity contribution in [1.29, 1.82) is 0 Å². The fourth-order valence-corrected chi connectivity index (χ4v) is 3.07. The van der Waals surface area contributed by atoms with Crippen LogP contribution in [-0.4, -0.2) is 38.7 Å². The van der Waals surface area contributed by atoms with E-state index in [-0.39, 0.29) is 35.7 Å². The third kappa shape index (κ3) is 5.43. The molecule has 0 saturated heterocycles. The first-order valence-corrected chi connectivity index (χ1v) is 9.76. The molecule has 0 aliphatic rings. The van der Waals surface area contributed by atoms with Crippen LogP contribution >= 0.6 is 12.4 Å². The van der Waals surface area contributed by atoms with Gasteiger partial charge in [0.05, 0.1) is 0 Å². The number of hydrogen-bond acceptors (Lipinski definition) is 4. The van der Waals surface area contributed by atoms with E-state index < -0.39 is 5.82 Å². The highest BCUT2D eigenvalue weighted by Crippen LogP contribution is 2.20. The summed E-state index contributed by atoms with van der Waals surface area (Å²) in [7, 11) is 0.